The molecule has 0 fully saturated rings. The molecule has 3 aromatic rings. The van der Waals surface area contributed by atoms with Crippen LogP contribution < -0.4 is 10.5 Å². The van der Waals surface area contributed by atoms with E-state index < -0.39 is 10.0 Å². The van der Waals surface area contributed by atoms with E-state index in [9.17, 15) is 8.42 Å². The maximum Gasteiger partial charge on any atom is 0.295 e. The van der Waals surface area contributed by atoms with Crippen molar-refractivity contribution in [3.63, 3.8) is 0 Å². The van der Waals surface area contributed by atoms with Gasteiger partial charge in [0.15, 0.2) is 0 Å². The van der Waals surface area contributed by atoms with Gasteiger partial charge in [-0.25, -0.2) is 0 Å². The van der Waals surface area contributed by atoms with Gasteiger partial charge in [-0.15, -0.1) is 0 Å². The van der Waals surface area contributed by atoms with Crippen molar-refractivity contribution in [2.45, 2.75) is 11.6 Å². The number of hydrogen-bond acceptors (Lipinski definition) is 5. The minimum absolute atomic E-state index is 0.148. The van der Waals surface area contributed by atoms with Crippen LogP contribution >= 0.6 is 0 Å². The first-order valence-electron chi connectivity index (χ1n) is 6.24. The first kappa shape index (κ1) is 13.6. The highest BCUT2D eigenvalue weighted by atomic mass is 32.2. The SMILES string of the molecule is NCc1ccc(S(=O)(=O)Nc2cccc3cnccc23)o1. The Morgan fingerprint density at radius 3 is 2.81 bits per heavy atom. The van der Waals surface area contributed by atoms with Gasteiger partial charge in [-0.3, -0.25) is 9.71 Å². The molecule has 2 aromatic heterocycles. The molecule has 0 aliphatic heterocycles. The number of aromatic nitrogens is 1. The van der Waals surface area contributed by atoms with E-state index in [1.54, 1.807) is 36.7 Å². The van der Waals surface area contributed by atoms with Crippen molar-refractivity contribution in [1.82, 2.24) is 4.98 Å². The minimum atomic E-state index is -3.79. The molecule has 0 aliphatic rings. The fourth-order valence-corrected chi connectivity index (χ4v) is 3.05. The molecular formula is C14H13N3O3S. The zero-order valence-electron chi connectivity index (χ0n) is 11.0. The Bertz CT molecular complexity index is 882. The van der Waals surface area contributed by atoms with Gasteiger partial charge in [0.1, 0.15) is 5.76 Å². The lowest BCUT2D eigenvalue weighted by molar-refractivity contribution is 0.417. The fourth-order valence-electron chi connectivity index (χ4n) is 2.02. The van der Waals surface area contributed by atoms with Crippen molar-refractivity contribution < 1.29 is 12.8 Å². The van der Waals surface area contributed by atoms with E-state index >= 15 is 0 Å². The summed E-state index contributed by atoms with van der Waals surface area (Å²) in [5, 5.41) is 1.45. The quantitative estimate of drug-likeness (QED) is 0.769. The smallest absolute Gasteiger partial charge is 0.295 e. The standard InChI is InChI=1S/C14H13N3O3S/c15-8-11-4-5-14(20-11)21(18,19)17-13-3-1-2-10-9-16-7-6-12(10)13/h1-7,9,17H,8,15H2. The Morgan fingerprint density at radius 1 is 1.19 bits per heavy atom. The van der Waals surface area contributed by atoms with Crippen LogP contribution in [0.3, 0.4) is 0 Å². The summed E-state index contributed by atoms with van der Waals surface area (Å²) < 4.78 is 32.3. The molecule has 108 valence electrons. The van der Waals surface area contributed by atoms with E-state index in [-0.39, 0.29) is 11.6 Å². The first-order valence-corrected chi connectivity index (χ1v) is 7.73. The average Bonchev–Trinajstić information content (AvgIpc) is 2.97. The highest BCUT2D eigenvalue weighted by molar-refractivity contribution is 7.92. The third-order valence-corrected chi connectivity index (χ3v) is 4.27. The summed E-state index contributed by atoms with van der Waals surface area (Å²) in [5.41, 5.74) is 5.89. The minimum Gasteiger partial charge on any atom is -0.446 e. The molecule has 0 aliphatic carbocycles. The van der Waals surface area contributed by atoms with Crippen LogP contribution in [0.25, 0.3) is 10.8 Å². The Kier molecular flexibility index (Phi) is 3.36. The van der Waals surface area contributed by atoms with Gasteiger partial charge in [0.05, 0.1) is 12.2 Å². The average molecular weight is 303 g/mol. The monoisotopic (exact) mass is 303 g/mol. The molecular weight excluding hydrogens is 290 g/mol. The first-order chi connectivity index (χ1) is 10.1. The highest BCUT2D eigenvalue weighted by Gasteiger charge is 2.19. The molecule has 0 amide bonds. The molecule has 0 bridgehead atoms. The van der Waals surface area contributed by atoms with Gasteiger partial charge < -0.3 is 10.2 Å². The van der Waals surface area contributed by atoms with Crippen LogP contribution in [0.1, 0.15) is 5.76 Å². The third-order valence-electron chi connectivity index (χ3n) is 3.03. The molecule has 0 saturated heterocycles. The lowest BCUT2D eigenvalue weighted by Crippen LogP contribution is -2.12. The largest absolute Gasteiger partial charge is 0.446 e. The van der Waals surface area contributed by atoms with Crippen molar-refractivity contribution in [2.75, 3.05) is 4.72 Å². The molecule has 0 atom stereocenters. The summed E-state index contributed by atoms with van der Waals surface area (Å²) in [6, 6.07) is 9.99. The zero-order valence-corrected chi connectivity index (χ0v) is 11.8. The van der Waals surface area contributed by atoms with Crippen LogP contribution in [0.4, 0.5) is 5.69 Å². The van der Waals surface area contributed by atoms with Gasteiger partial charge in [-0.2, -0.15) is 8.42 Å². The molecule has 0 saturated carbocycles. The normalized spacial score (nSPS) is 11.7. The fraction of sp³-hybridized carbons (Fsp3) is 0.0714. The number of nitrogens with zero attached hydrogens (tertiary/aromatic N) is 1. The number of benzene rings is 1. The number of fused-ring (bicyclic) bond motifs is 1. The van der Waals surface area contributed by atoms with Gasteiger partial charge >= 0.3 is 0 Å². The molecule has 6 nitrogen and oxygen atoms in total. The van der Waals surface area contributed by atoms with Crippen molar-refractivity contribution in [1.29, 1.82) is 0 Å². The Balaban J connectivity index is 2.01. The van der Waals surface area contributed by atoms with E-state index in [4.69, 9.17) is 10.2 Å². The van der Waals surface area contributed by atoms with Gasteiger partial charge in [0, 0.05) is 23.2 Å². The number of sulfonamides is 1. The maximum absolute atomic E-state index is 12.3. The molecule has 7 heteroatoms. The number of pyridine rings is 1. The van der Waals surface area contributed by atoms with E-state index in [2.05, 4.69) is 9.71 Å². The zero-order chi connectivity index (χ0) is 14.9. The molecule has 2 heterocycles. The molecule has 21 heavy (non-hydrogen) atoms. The summed E-state index contributed by atoms with van der Waals surface area (Å²) in [6.07, 6.45) is 3.28. The maximum atomic E-state index is 12.3. The van der Waals surface area contributed by atoms with E-state index in [0.29, 0.717) is 11.4 Å². The lowest BCUT2D eigenvalue weighted by atomic mass is 10.1. The predicted molar refractivity (Wildman–Crippen MR) is 79.2 cm³/mol. The molecule has 3 N–H and O–H groups in total. The van der Waals surface area contributed by atoms with Crippen molar-refractivity contribution in [3.05, 3.63) is 54.6 Å². The summed E-state index contributed by atoms with van der Waals surface area (Å²) in [4.78, 5) is 4.01. The summed E-state index contributed by atoms with van der Waals surface area (Å²) in [7, 11) is -3.79. The number of furan rings is 1. The van der Waals surface area contributed by atoms with Crippen LogP contribution in [0.2, 0.25) is 0 Å². The topological polar surface area (TPSA) is 98.2 Å². The molecule has 1 aromatic carbocycles. The second kappa shape index (κ2) is 5.19. The number of nitrogens with one attached hydrogen (secondary N) is 1. The molecule has 0 spiro atoms. The van der Waals surface area contributed by atoms with Crippen molar-refractivity contribution in [3.8, 4) is 0 Å². The van der Waals surface area contributed by atoms with E-state index in [0.717, 1.165) is 10.8 Å². The second-order valence-corrected chi connectivity index (χ2v) is 6.05. The van der Waals surface area contributed by atoms with E-state index in [1.807, 2.05) is 6.07 Å². The van der Waals surface area contributed by atoms with Gasteiger partial charge in [-0.1, -0.05) is 12.1 Å². The van der Waals surface area contributed by atoms with Crippen LogP contribution in [0.15, 0.2) is 58.3 Å². The number of anilines is 1. The van der Waals surface area contributed by atoms with Crippen LogP contribution in [0, 0.1) is 0 Å². The molecule has 3 rings (SSSR count). The van der Waals surface area contributed by atoms with Gasteiger partial charge in [-0.05, 0) is 24.3 Å². The molecule has 0 unspecified atom stereocenters. The van der Waals surface area contributed by atoms with Crippen LogP contribution in [-0.4, -0.2) is 13.4 Å². The highest BCUT2D eigenvalue weighted by Crippen LogP contribution is 2.25. The Hall–Kier alpha value is -2.38. The van der Waals surface area contributed by atoms with Gasteiger partial charge in [0.2, 0.25) is 5.09 Å². The van der Waals surface area contributed by atoms with Crippen LogP contribution in [0.5, 0.6) is 0 Å². The third kappa shape index (κ3) is 2.61. The summed E-state index contributed by atoms with van der Waals surface area (Å²) in [5.74, 6) is 0.414. The number of rotatable bonds is 4. The molecule has 0 radical (unpaired) electrons. The van der Waals surface area contributed by atoms with Crippen LogP contribution in [-0.2, 0) is 16.6 Å². The summed E-state index contributed by atoms with van der Waals surface area (Å²) >= 11 is 0. The van der Waals surface area contributed by atoms with E-state index in [1.165, 1.54) is 6.07 Å². The lowest BCUT2D eigenvalue weighted by Gasteiger charge is -2.08. The predicted octanol–water partition coefficient (Wildman–Crippen LogP) is 2.09. The number of nitrogens with two attached hydrogens (primary N) is 1. The Labute approximate surface area is 121 Å². The summed E-state index contributed by atoms with van der Waals surface area (Å²) in [6.45, 7) is 0.148. The van der Waals surface area contributed by atoms with Gasteiger partial charge in [0.25, 0.3) is 10.0 Å². The van der Waals surface area contributed by atoms with Crippen molar-refractivity contribution >= 4 is 26.5 Å². The Morgan fingerprint density at radius 2 is 2.05 bits per heavy atom. The van der Waals surface area contributed by atoms with Crippen molar-refractivity contribution in [2.24, 2.45) is 5.73 Å². The second-order valence-electron chi connectivity index (χ2n) is 4.43. The number of hydrogen-bond donors (Lipinski definition) is 2.